The number of benzene rings is 1. The minimum Gasteiger partial charge on any atom is -0.506 e. The van der Waals surface area contributed by atoms with Crippen molar-refractivity contribution in [1.29, 1.82) is 0 Å². The summed E-state index contributed by atoms with van der Waals surface area (Å²) in [6.45, 7) is 0. The smallest absolute Gasteiger partial charge is 0.303 e. The molecule has 1 aromatic carbocycles. The first-order valence-electron chi connectivity index (χ1n) is 6.88. The summed E-state index contributed by atoms with van der Waals surface area (Å²) in [7, 11) is 0. The van der Waals surface area contributed by atoms with Crippen LogP contribution >= 0.6 is 45.2 Å². The van der Waals surface area contributed by atoms with Crippen LogP contribution in [0.3, 0.4) is 0 Å². The van der Waals surface area contributed by atoms with Gasteiger partial charge >= 0.3 is 5.97 Å². The zero-order chi connectivity index (χ0) is 14.7. The molecule has 1 atom stereocenters. The molecule has 1 saturated carbocycles. The molecule has 1 aliphatic rings. The van der Waals surface area contributed by atoms with E-state index in [9.17, 15) is 15.0 Å². The highest BCUT2D eigenvalue weighted by Crippen LogP contribution is 2.40. The molecule has 20 heavy (non-hydrogen) atoms. The lowest BCUT2D eigenvalue weighted by molar-refractivity contribution is -0.137. The topological polar surface area (TPSA) is 57.5 Å². The lowest BCUT2D eigenvalue weighted by Crippen LogP contribution is -2.19. The summed E-state index contributed by atoms with van der Waals surface area (Å²) in [6, 6.07) is 3.89. The molecule has 1 aromatic rings. The van der Waals surface area contributed by atoms with Crippen LogP contribution < -0.4 is 0 Å². The number of aromatic hydroxyl groups is 1. The van der Waals surface area contributed by atoms with Gasteiger partial charge in [-0.25, -0.2) is 0 Å². The number of carbonyl (C=O) groups is 1. The highest BCUT2D eigenvalue weighted by atomic mass is 127. The van der Waals surface area contributed by atoms with Crippen molar-refractivity contribution in [1.82, 2.24) is 0 Å². The van der Waals surface area contributed by atoms with E-state index < -0.39 is 5.97 Å². The fraction of sp³-hybridized carbons (Fsp3) is 0.533. The van der Waals surface area contributed by atoms with Gasteiger partial charge in [-0.2, -0.15) is 0 Å². The van der Waals surface area contributed by atoms with E-state index in [2.05, 4.69) is 45.2 Å². The minimum absolute atomic E-state index is 0.0652. The highest BCUT2D eigenvalue weighted by molar-refractivity contribution is 14.1. The second-order valence-corrected chi connectivity index (χ2v) is 7.76. The zero-order valence-corrected chi connectivity index (χ0v) is 15.4. The van der Waals surface area contributed by atoms with Crippen LogP contribution in [0.5, 0.6) is 5.75 Å². The Balaban J connectivity index is 2.32. The summed E-state index contributed by atoms with van der Waals surface area (Å²) < 4.78 is 1.60. The first-order valence-corrected chi connectivity index (χ1v) is 9.04. The van der Waals surface area contributed by atoms with Crippen LogP contribution in [0.25, 0.3) is 0 Å². The van der Waals surface area contributed by atoms with Crippen molar-refractivity contribution in [3.63, 3.8) is 0 Å². The SMILES string of the molecule is O=C(O)CC(c1cc(I)c(O)c(I)c1)C1CCCCC1. The molecular weight excluding hydrogens is 482 g/mol. The van der Waals surface area contributed by atoms with E-state index in [4.69, 9.17) is 0 Å². The van der Waals surface area contributed by atoms with Crippen LogP contribution in [0.1, 0.15) is 50.0 Å². The predicted molar refractivity (Wildman–Crippen MR) is 95.1 cm³/mol. The maximum absolute atomic E-state index is 11.2. The second-order valence-electron chi connectivity index (χ2n) is 5.44. The van der Waals surface area contributed by atoms with Crippen molar-refractivity contribution in [3.05, 3.63) is 24.8 Å². The number of halogens is 2. The van der Waals surface area contributed by atoms with Crippen molar-refractivity contribution in [2.75, 3.05) is 0 Å². The third-order valence-corrected chi connectivity index (χ3v) is 5.73. The van der Waals surface area contributed by atoms with Gasteiger partial charge in [0.25, 0.3) is 0 Å². The second kappa shape index (κ2) is 7.29. The molecule has 2 N–H and O–H groups in total. The molecule has 1 unspecified atom stereocenters. The number of carboxylic acid groups (broad SMARTS) is 1. The van der Waals surface area contributed by atoms with E-state index in [0.29, 0.717) is 11.7 Å². The Bertz CT molecular complexity index is 473. The third-order valence-electron chi connectivity index (χ3n) is 4.08. The fourth-order valence-electron chi connectivity index (χ4n) is 3.08. The molecule has 0 heterocycles. The lowest BCUT2D eigenvalue weighted by Gasteiger charge is -2.30. The Morgan fingerprint density at radius 1 is 1.20 bits per heavy atom. The number of hydrogen-bond donors (Lipinski definition) is 2. The molecule has 0 bridgehead atoms. The molecule has 110 valence electrons. The average molecular weight is 500 g/mol. The van der Waals surface area contributed by atoms with E-state index in [1.165, 1.54) is 19.3 Å². The van der Waals surface area contributed by atoms with Gasteiger partial charge in [0, 0.05) is 0 Å². The largest absolute Gasteiger partial charge is 0.506 e. The summed E-state index contributed by atoms with van der Waals surface area (Å²) in [5.41, 5.74) is 1.06. The zero-order valence-electron chi connectivity index (χ0n) is 11.1. The summed E-state index contributed by atoms with van der Waals surface area (Å²) in [5.74, 6) is 0.0813. The van der Waals surface area contributed by atoms with E-state index in [1.807, 2.05) is 12.1 Å². The van der Waals surface area contributed by atoms with E-state index in [-0.39, 0.29) is 12.3 Å². The standard InChI is InChI=1S/C15H18I2O3/c16-12-6-10(7-13(17)15(12)20)11(8-14(18)19)9-4-2-1-3-5-9/h6-7,9,11,20H,1-5,8H2,(H,18,19). The summed E-state index contributed by atoms with van der Waals surface area (Å²) in [6.07, 6.45) is 6.08. The predicted octanol–water partition coefficient (Wildman–Crippen LogP) is 4.74. The van der Waals surface area contributed by atoms with Crippen LogP contribution in [-0.2, 0) is 4.79 Å². The van der Waals surface area contributed by atoms with Crippen molar-refractivity contribution in [2.45, 2.75) is 44.4 Å². The number of carboxylic acids is 1. The van der Waals surface area contributed by atoms with Crippen molar-refractivity contribution in [3.8, 4) is 5.75 Å². The van der Waals surface area contributed by atoms with Crippen LogP contribution in [-0.4, -0.2) is 16.2 Å². The Hall–Kier alpha value is -0.0500. The van der Waals surface area contributed by atoms with E-state index in [0.717, 1.165) is 25.5 Å². The Morgan fingerprint density at radius 2 is 1.75 bits per heavy atom. The Labute approximate surface area is 146 Å². The van der Waals surface area contributed by atoms with Gasteiger partial charge in [-0.3, -0.25) is 4.79 Å². The molecule has 0 radical (unpaired) electrons. The fourth-order valence-corrected chi connectivity index (χ4v) is 4.90. The van der Waals surface area contributed by atoms with Crippen LogP contribution in [0.15, 0.2) is 12.1 Å². The minimum atomic E-state index is -0.737. The normalized spacial score (nSPS) is 17.9. The average Bonchev–Trinajstić information content (AvgIpc) is 2.42. The molecular formula is C15H18I2O3. The van der Waals surface area contributed by atoms with Crippen molar-refractivity contribution >= 4 is 51.2 Å². The van der Waals surface area contributed by atoms with E-state index >= 15 is 0 Å². The molecule has 0 saturated heterocycles. The summed E-state index contributed by atoms with van der Waals surface area (Å²) in [4.78, 5) is 11.2. The van der Waals surface area contributed by atoms with Crippen LogP contribution in [0, 0.1) is 13.1 Å². The molecule has 0 aromatic heterocycles. The van der Waals surface area contributed by atoms with Gasteiger partial charge in [0.15, 0.2) is 0 Å². The van der Waals surface area contributed by atoms with Gasteiger partial charge in [-0.15, -0.1) is 0 Å². The Kier molecular flexibility index (Phi) is 5.95. The summed E-state index contributed by atoms with van der Waals surface area (Å²) >= 11 is 4.22. The summed E-state index contributed by atoms with van der Waals surface area (Å²) in [5, 5.41) is 19.1. The molecule has 0 spiro atoms. The first-order chi connectivity index (χ1) is 9.49. The maximum Gasteiger partial charge on any atom is 0.303 e. The number of rotatable bonds is 4. The molecule has 2 rings (SSSR count). The van der Waals surface area contributed by atoms with Crippen molar-refractivity contribution in [2.24, 2.45) is 5.92 Å². The molecule has 5 heteroatoms. The maximum atomic E-state index is 11.2. The van der Waals surface area contributed by atoms with Crippen molar-refractivity contribution < 1.29 is 15.0 Å². The lowest BCUT2D eigenvalue weighted by atomic mass is 9.75. The molecule has 0 aliphatic heterocycles. The Morgan fingerprint density at radius 3 is 2.25 bits per heavy atom. The van der Waals surface area contributed by atoms with Gasteiger partial charge in [0.1, 0.15) is 5.75 Å². The van der Waals surface area contributed by atoms with Gasteiger partial charge in [0.2, 0.25) is 0 Å². The molecule has 0 amide bonds. The van der Waals surface area contributed by atoms with Crippen LogP contribution in [0.2, 0.25) is 0 Å². The number of hydrogen-bond acceptors (Lipinski definition) is 2. The monoisotopic (exact) mass is 500 g/mol. The van der Waals surface area contributed by atoms with Gasteiger partial charge in [0.05, 0.1) is 13.6 Å². The molecule has 1 aliphatic carbocycles. The van der Waals surface area contributed by atoms with E-state index in [1.54, 1.807) is 0 Å². The number of phenols is 1. The molecule has 1 fully saturated rings. The van der Waals surface area contributed by atoms with Gasteiger partial charge in [-0.1, -0.05) is 19.3 Å². The molecule has 3 nitrogen and oxygen atoms in total. The number of aliphatic carboxylic acids is 1. The van der Waals surface area contributed by atoms with Gasteiger partial charge in [-0.05, 0) is 87.6 Å². The van der Waals surface area contributed by atoms with Gasteiger partial charge < -0.3 is 10.2 Å². The van der Waals surface area contributed by atoms with Crippen LogP contribution in [0.4, 0.5) is 0 Å². The highest BCUT2D eigenvalue weighted by Gasteiger charge is 2.28. The number of phenolic OH excluding ortho intramolecular Hbond substituents is 1. The first kappa shape index (κ1) is 16.3. The quantitative estimate of drug-likeness (QED) is 0.588. The third kappa shape index (κ3) is 3.99.